The number of hydrogen-bond donors (Lipinski definition) is 2. The smallest absolute Gasteiger partial charge is 0.395 e. The number of pyridine rings is 1. The summed E-state index contributed by atoms with van der Waals surface area (Å²) in [5.74, 6) is -2.04. The maximum atomic E-state index is 15.1. The fraction of sp³-hybridized carbons (Fsp3) is 0.552. The minimum absolute atomic E-state index is 0.0296. The number of primary amides is 1. The van der Waals surface area contributed by atoms with Crippen molar-refractivity contribution in [3.8, 4) is 17.0 Å². The van der Waals surface area contributed by atoms with Crippen LogP contribution in [0, 0.1) is 11.2 Å². The van der Waals surface area contributed by atoms with Crippen LogP contribution in [0.1, 0.15) is 56.8 Å². The first-order chi connectivity index (χ1) is 19.1. The summed E-state index contributed by atoms with van der Waals surface area (Å²) in [5.41, 5.74) is 2.95. The molecule has 224 valence electrons. The summed E-state index contributed by atoms with van der Waals surface area (Å²) in [4.78, 5) is 32.2. The number of halogens is 4. The van der Waals surface area contributed by atoms with E-state index in [0.717, 1.165) is 24.2 Å². The van der Waals surface area contributed by atoms with E-state index < -0.39 is 40.9 Å². The lowest BCUT2D eigenvalue weighted by Crippen LogP contribution is -2.54. The Kier molecular flexibility index (Phi) is 8.65. The van der Waals surface area contributed by atoms with E-state index in [1.807, 2.05) is 4.90 Å². The van der Waals surface area contributed by atoms with Crippen molar-refractivity contribution in [2.75, 3.05) is 26.2 Å². The molecular weight excluding hydrogens is 544 g/mol. The number of β-amino-alcohol motifs (C(OH)–C–C–N with tert-alkyl or cyclic N) is 1. The summed E-state index contributed by atoms with van der Waals surface area (Å²) in [6.45, 7) is 4.38. The van der Waals surface area contributed by atoms with Crippen LogP contribution in [0.5, 0.6) is 5.88 Å². The van der Waals surface area contributed by atoms with E-state index in [2.05, 4.69) is 4.98 Å². The molecule has 12 heteroatoms. The molecule has 41 heavy (non-hydrogen) atoms. The van der Waals surface area contributed by atoms with Crippen molar-refractivity contribution in [1.29, 1.82) is 0 Å². The molecule has 2 aliphatic rings. The van der Waals surface area contributed by atoms with Gasteiger partial charge in [-0.3, -0.25) is 14.5 Å². The van der Waals surface area contributed by atoms with Gasteiger partial charge < -0.3 is 20.5 Å². The number of carbonyl (C=O) groups is 2. The van der Waals surface area contributed by atoms with Crippen molar-refractivity contribution in [2.24, 2.45) is 11.1 Å². The molecule has 4 rings (SSSR count). The molecule has 3 N–H and O–H groups in total. The lowest BCUT2D eigenvalue weighted by molar-refractivity contribution is -0.219. The monoisotopic (exact) mass is 580 g/mol. The molecule has 3 atom stereocenters. The van der Waals surface area contributed by atoms with Gasteiger partial charge in [0.2, 0.25) is 11.8 Å². The second-order valence-electron chi connectivity index (χ2n) is 11.8. The molecule has 0 bridgehead atoms. The molecule has 0 saturated carbocycles. The molecular formula is C29H36F4N4O4. The van der Waals surface area contributed by atoms with Crippen LogP contribution in [-0.2, 0) is 4.79 Å². The van der Waals surface area contributed by atoms with Crippen molar-refractivity contribution in [2.45, 2.75) is 70.3 Å². The van der Waals surface area contributed by atoms with E-state index in [1.165, 1.54) is 39.1 Å². The lowest BCUT2D eigenvalue weighted by Gasteiger charge is -2.40. The number of ether oxygens (including phenoxy) is 1. The van der Waals surface area contributed by atoms with Crippen molar-refractivity contribution in [3.05, 3.63) is 47.9 Å². The Morgan fingerprint density at radius 3 is 2.49 bits per heavy atom. The van der Waals surface area contributed by atoms with Gasteiger partial charge in [-0.2, -0.15) is 13.2 Å². The van der Waals surface area contributed by atoms with Crippen LogP contribution in [0.15, 0.2) is 36.5 Å². The minimum atomic E-state index is -4.31. The van der Waals surface area contributed by atoms with Gasteiger partial charge in [-0.25, -0.2) is 9.37 Å². The molecule has 0 radical (unpaired) electrons. The number of likely N-dealkylation sites (tertiary alicyclic amines) is 2. The number of aliphatic hydroxyl groups is 1. The molecule has 2 aromatic rings. The third kappa shape index (κ3) is 6.48. The minimum Gasteiger partial charge on any atom is -0.476 e. The highest BCUT2D eigenvalue weighted by Gasteiger charge is 2.50. The Hall–Kier alpha value is -3.25. The highest BCUT2D eigenvalue weighted by molar-refractivity contribution is 5.99. The fourth-order valence-corrected chi connectivity index (χ4v) is 5.47. The van der Waals surface area contributed by atoms with Gasteiger partial charge in [0, 0.05) is 43.4 Å². The van der Waals surface area contributed by atoms with Gasteiger partial charge in [0.05, 0.1) is 17.1 Å². The van der Waals surface area contributed by atoms with Crippen LogP contribution in [0.3, 0.4) is 0 Å². The zero-order chi connectivity index (χ0) is 30.2. The molecule has 1 unspecified atom stereocenters. The number of aliphatic hydroxyl groups excluding tert-OH is 1. The maximum Gasteiger partial charge on any atom is 0.395 e. The maximum absolute atomic E-state index is 15.1. The van der Waals surface area contributed by atoms with Gasteiger partial charge in [0.25, 0.3) is 5.91 Å². The zero-order valence-corrected chi connectivity index (χ0v) is 23.4. The molecule has 2 amide bonds. The van der Waals surface area contributed by atoms with Crippen molar-refractivity contribution in [3.63, 3.8) is 0 Å². The first kappa shape index (κ1) is 30.7. The van der Waals surface area contributed by atoms with Crippen LogP contribution >= 0.6 is 0 Å². The number of aromatic nitrogens is 1. The van der Waals surface area contributed by atoms with Crippen LogP contribution in [0.4, 0.5) is 17.6 Å². The second kappa shape index (κ2) is 11.6. The molecule has 8 nitrogen and oxygen atoms in total. The molecule has 2 aliphatic heterocycles. The molecule has 0 spiro atoms. The lowest BCUT2D eigenvalue weighted by atomic mass is 9.89. The fourth-order valence-electron chi connectivity index (χ4n) is 5.47. The normalized spacial score (nSPS) is 24.0. The number of carbonyl (C=O) groups excluding carboxylic acids is 2. The second-order valence-corrected chi connectivity index (χ2v) is 11.8. The Morgan fingerprint density at radius 2 is 1.88 bits per heavy atom. The number of hydrogen-bond acceptors (Lipinski definition) is 6. The van der Waals surface area contributed by atoms with Gasteiger partial charge in [-0.05, 0) is 63.9 Å². The molecule has 3 heterocycles. The first-order valence-corrected chi connectivity index (χ1v) is 13.6. The number of amides is 2. The highest BCUT2D eigenvalue weighted by Crippen LogP contribution is 2.39. The predicted molar refractivity (Wildman–Crippen MR) is 143 cm³/mol. The summed E-state index contributed by atoms with van der Waals surface area (Å²) in [6, 6.07) is 7.14. The Morgan fingerprint density at radius 1 is 1.17 bits per heavy atom. The standard InChI is InChI=1S/C29H36F4N4O4/c1-27(2,29(31,32)33)17-36-11-5-4-6-20(36)16-41-24-10-8-19(14-35-24)18-7-9-22(23(30)12-18)25(39)37-15-21(38)13-28(37,3)26(34)40/h7-10,12,14,20-21,38H,4-6,11,13,15-17H2,1-3H3,(H2,34,40)/t20?,21-,28+/m1/s1. The van der Waals surface area contributed by atoms with Gasteiger partial charge in [0.15, 0.2) is 0 Å². The van der Waals surface area contributed by atoms with Crippen LogP contribution in [0.25, 0.3) is 11.1 Å². The number of nitrogens with two attached hydrogens (primary N) is 1. The molecule has 0 aliphatic carbocycles. The van der Waals surface area contributed by atoms with E-state index in [0.29, 0.717) is 23.6 Å². The van der Waals surface area contributed by atoms with E-state index >= 15 is 4.39 Å². The summed E-state index contributed by atoms with van der Waals surface area (Å²) in [7, 11) is 0. The van der Waals surface area contributed by atoms with Crippen LogP contribution in [0.2, 0.25) is 0 Å². The van der Waals surface area contributed by atoms with Crippen LogP contribution < -0.4 is 10.5 Å². The average Bonchev–Trinajstić information content (AvgIpc) is 3.22. The highest BCUT2D eigenvalue weighted by atomic mass is 19.4. The molecule has 2 fully saturated rings. The summed E-state index contributed by atoms with van der Waals surface area (Å²) in [5, 5.41) is 10.0. The SMILES string of the molecule is CC(C)(CN1CCCCC1COc1ccc(-c2ccc(C(=O)N3C[C@H](O)C[C@@]3(C)C(N)=O)c(F)c2)cn1)C(F)(F)F. The quantitative estimate of drug-likeness (QED) is 0.454. The number of nitrogens with zero attached hydrogens (tertiary/aromatic N) is 3. The topological polar surface area (TPSA) is 109 Å². The molecule has 1 aromatic heterocycles. The molecule has 2 saturated heterocycles. The van der Waals surface area contributed by atoms with E-state index in [1.54, 1.807) is 18.2 Å². The van der Waals surface area contributed by atoms with Gasteiger partial charge in [0.1, 0.15) is 18.0 Å². The van der Waals surface area contributed by atoms with Gasteiger partial charge in [-0.1, -0.05) is 12.5 Å². The molecule has 1 aromatic carbocycles. The largest absolute Gasteiger partial charge is 0.476 e. The van der Waals surface area contributed by atoms with E-state index in [-0.39, 0.29) is 37.7 Å². The number of piperidine rings is 1. The van der Waals surface area contributed by atoms with Crippen molar-refractivity contribution in [1.82, 2.24) is 14.8 Å². The Bertz CT molecular complexity index is 1270. The van der Waals surface area contributed by atoms with Crippen molar-refractivity contribution >= 4 is 11.8 Å². The Labute approximate surface area is 236 Å². The first-order valence-electron chi connectivity index (χ1n) is 13.6. The zero-order valence-electron chi connectivity index (χ0n) is 23.4. The average molecular weight is 581 g/mol. The predicted octanol–water partition coefficient (Wildman–Crippen LogP) is 4.16. The summed E-state index contributed by atoms with van der Waals surface area (Å²) in [6.07, 6.45) is -1.32. The summed E-state index contributed by atoms with van der Waals surface area (Å²) < 4.78 is 61.2. The number of rotatable bonds is 8. The van der Waals surface area contributed by atoms with Gasteiger partial charge in [-0.15, -0.1) is 0 Å². The number of alkyl halides is 3. The van der Waals surface area contributed by atoms with Gasteiger partial charge >= 0.3 is 6.18 Å². The van der Waals surface area contributed by atoms with Crippen molar-refractivity contribution < 1.29 is 37.0 Å². The van der Waals surface area contributed by atoms with E-state index in [4.69, 9.17) is 10.5 Å². The number of benzene rings is 1. The van der Waals surface area contributed by atoms with E-state index in [9.17, 15) is 27.9 Å². The Balaban J connectivity index is 1.41. The van der Waals surface area contributed by atoms with Crippen LogP contribution in [-0.4, -0.2) is 81.8 Å². The summed E-state index contributed by atoms with van der Waals surface area (Å²) >= 11 is 0. The third-order valence-electron chi connectivity index (χ3n) is 8.21. The third-order valence-corrected chi connectivity index (χ3v) is 8.21.